The van der Waals surface area contributed by atoms with Gasteiger partial charge in [-0.3, -0.25) is 38.4 Å². The molecule has 0 N–H and O–H groups in total. The lowest BCUT2D eigenvalue weighted by Gasteiger charge is -2.21. The van der Waals surface area contributed by atoms with E-state index in [1.54, 1.807) is 0 Å². The third-order valence-electron chi connectivity index (χ3n) is 17.0. The zero-order valence-corrected chi connectivity index (χ0v) is 62.1. The van der Waals surface area contributed by atoms with Crippen molar-refractivity contribution in [3.8, 4) is 0 Å². The highest BCUT2D eigenvalue weighted by Gasteiger charge is 2.25. The van der Waals surface area contributed by atoms with Gasteiger partial charge in [0, 0.05) is 51.4 Å². The molecular formula is C78H142O18. The van der Waals surface area contributed by atoms with Crippen molar-refractivity contribution in [2.45, 2.75) is 400 Å². The van der Waals surface area contributed by atoms with Crippen molar-refractivity contribution in [2.75, 3.05) is 52.9 Å². The van der Waals surface area contributed by atoms with Crippen molar-refractivity contribution in [1.29, 1.82) is 0 Å². The summed E-state index contributed by atoms with van der Waals surface area (Å²) in [6.45, 7) is 11.4. The van der Waals surface area contributed by atoms with E-state index in [2.05, 4.69) is 41.5 Å². The average Bonchev–Trinajstić information content (AvgIpc) is 1.96. The Kier molecular flexibility index (Phi) is 67.4. The van der Waals surface area contributed by atoms with E-state index in [1.165, 1.54) is 77.0 Å². The minimum Gasteiger partial charge on any atom is -0.462 e. The monoisotopic (exact) mass is 1370 g/mol. The van der Waals surface area contributed by atoms with Gasteiger partial charge in [-0.25, -0.2) is 0 Å². The number of esters is 8. The molecule has 18 nitrogen and oxygen atoms in total. The first-order chi connectivity index (χ1) is 46.8. The van der Waals surface area contributed by atoms with Crippen molar-refractivity contribution in [3.63, 3.8) is 0 Å². The molecule has 0 radical (unpaired) electrons. The molecule has 0 aromatic carbocycles. The van der Waals surface area contributed by atoms with Crippen molar-refractivity contribution in [3.05, 3.63) is 0 Å². The maximum Gasteiger partial charge on any atom is 0.306 e. The second-order valence-corrected chi connectivity index (χ2v) is 26.7. The highest BCUT2D eigenvalue weighted by molar-refractivity contribution is 5.72. The van der Waals surface area contributed by atoms with Crippen LogP contribution in [0.25, 0.3) is 0 Å². The molecule has 0 aromatic rings. The maximum atomic E-state index is 13.2. The molecule has 4 unspecified atom stereocenters. The van der Waals surface area contributed by atoms with Gasteiger partial charge in [-0.05, 0) is 51.4 Å². The quantitative estimate of drug-likeness (QED) is 0.0313. The molecule has 0 aliphatic rings. The topological polar surface area (TPSA) is 229 Å². The maximum absolute atomic E-state index is 13.2. The Hall–Kier alpha value is -4.32. The van der Waals surface area contributed by atoms with E-state index >= 15 is 0 Å². The van der Waals surface area contributed by atoms with Crippen molar-refractivity contribution in [1.82, 2.24) is 0 Å². The molecular weight excluding hydrogens is 1220 g/mol. The van der Waals surface area contributed by atoms with E-state index in [4.69, 9.17) is 47.4 Å². The van der Waals surface area contributed by atoms with E-state index in [1.807, 2.05) is 0 Å². The molecule has 0 spiro atoms. The van der Waals surface area contributed by atoms with E-state index in [-0.39, 0.29) is 129 Å². The number of unbranched alkanes of at least 4 members (excludes halogenated alkanes) is 37. The van der Waals surface area contributed by atoms with E-state index in [0.29, 0.717) is 38.5 Å². The molecule has 562 valence electrons. The van der Waals surface area contributed by atoms with Crippen LogP contribution in [0.15, 0.2) is 0 Å². The first-order valence-electron chi connectivity index (χ1n) is 39.4. The van der Waals surface area contributed by atoms with Crippen LogP contribution in [-0.2, 0) is 85.7 Å². The first-order valence-corrected chi connectivity index (χ1v) is 39.4. The van der Waals surface area contributed by atoms with Gasteiger partial charge >= 0.3 is 47.8 Å². The lowest BCUT2D eigenvalue weighted by molar-refractivity contribution is -0.169. The minimum atomic E-state index is -0.978. The van der Waals surface area contributed by atoms with Crippen molar-refractivity contribution >= 4 is 47.8 Å². The summed E-state index contributed by atoms with van der Waals surface area (Å²) in [6.07, 6.45) is 41.8. The summed E-state index contributed by atoms with van der Waals surface area (Å²) in [4.78, 5) is 104. The number of carbonyl (C=O) groups is 8. The van der Waals surface area contributed by atoms with Crippen LogP contribution in [-0.4, -0.2) is 125 Å². The normalized spacial score (nSPS) is 12.5. The van der Waals surface area contributed by atoms with Crippen LogP contribution in [0.3, 0.4) is 0 Å². The molecule has 0 saturated carbocycles. The summed E-state index contributed by atoms with van der Waals surface area (Å²) < 4.78 is 57.7. The Balaban J connectivity index is 5.85. The number of carbonyl (C=O) groups excluding carboxylic acids is 8. The van der Waals surface area contributed by atoms with Gasteiger partial charge in [0.05, 0.1) is 26.4 Å². The largest absolute Gasteiger partial charge is 0.462 e. The lowest BCUT2D eigenvalue weighted by Crippen LogP contribution is -2.34. The van der Waals surface area contributed by atoms with E-state index in [0.717, 1.165) is 154 Å². The van der Waals surface area contributed by atoms with E-state index < -0.39 is 60.2 Å². The van der Waals surface area contributed by atoms with Gasteiger partial charge in [-0.2, -0.15) is 0 Å². The van der Waals surface area contributed by atoms with Crippen molar-refractivity contribution < 1.29 is 85.7 Å². The summed E-state index contributed by atoms with van der Waals surface area (Å²) in [6, 6.07) is 0. The fourth-order valence-electron chi connectivity index (χ4n) is 11.0. The standard InChI is InChI=1S/C78H142O18/c1-7-13-19-25-31-37-43-51-71(79)89-63-67(93-75(83)55-45-39-33-27-21-15-9-3)59-87-61-69(95-77(85)57-47-41-35-29-23-17-11-5)65-91-73(81)53-49-50-54-74(82)92-66-70(96-78(86)58-48-42-36-30-24-18-12-6)62-88-60-68(94-76(84)56-46-40-34-28-22-16-10-4)64-90-72(80)52-44-38-32-26-20-14-8-2/h67-70H,7-66H2,1-6H3. The Labute approximate surface area is 583 Å². The Morgan fingerprint density at radius 2 is 0.312 bits per heavy atom. The van der Waals surface area contributed by atoms with Gasteiger partial charge in [0.1, 0.15) is 26.4 Å². The molecule has 0 bridgehead atoms. The number of hydrogen-bond donors (Lipinski definition) is 0. The second kappa shape index (κ2) is 70.5. The van der Waals surface area contributed by atoms with Crippen LogP contribution < -0.4 is 0 Å². The van der Waals surface area contributed by atoms with Crippen molar-refractivity contribution in [2.24, 2.45) is 0 Å². The zero-order chi connectivity index (χ0) is 70.4. The fourth-order valence-corrected chi connectivity index (χ4v) is 11.0. The molecule has 0 heterocycles. The molecule has 0 fully saturated rings. The highest BCUT2D eigenvalue weighted by atomic mass is 16.6. The van der Waals surface area contributed by atoms with Crippen LogP contribution in [0.1, 0.15) is 375 Å². The Bertz CT molecular complexity index is 1730. The molecule has 18 heteroatoms. The van der Waals surface area contributed by atoms with Crippen LogP contribution in [0.5, 0.6) is 0 Å². The predicted molar refractivity (Wildman–Crippen MR) is 379 cm³/mol. The van der Waals surface area contributed by atoms with Gasteiger partial charge in [0.2, 0.25) is 0 Å². The average molecular weight is 1370 g/mol. The van der Waals surface area contributed by atoms with Gasteiger partial charge in [-0.15, -0.1) is 0 Å². The molecule has 0 aromatic heterocycles. The SMILES string of the molecule is CCCCCCCCCC(=O)OCC(COCC(COC(=O)CCCCC(=O)OCC(COCC(COC(=O)CCCCCCCCC)OC(=O)CCCCCCCCC)OC(=O)CCCCCCCCC)OC(=O)CCCCCCCCC)OC(=O)CCCCCCCCC. The zero-order valence-electron chi connectivity index (χ0n) is 62.1. The van der Waals surface area contributed by atoms with Crippen LogP contribution in [0.4, 0.5) is 0 Å². The number of hydrogen-bond acceptors (Lipinski definition) is 18. The minimum absolute atomic E-state index is 0.0419. The van der Waals surface area contributed by atoms with Gasteiger partial charge in [0.15, 0.2) is 24.4 Å². The number of ether oxygens (including phenoxy) is 10. The van der Waals surface area contributed by atoms with Gasteiger partial charge < -0.3 is 47.4 Å². The molecule has 4 atom stereocenters. The Morgan fingerprint density at radius 1 is 0.177 bits per heavy atom. The van der Waals surface area contributed by atoms with Crippen LogP contribution >= 0.6 is 0 Å². The summed E-state index contributed by atoms with van der Waals surface area (Å²) in [5.41, 5.74) is 0. The molecule has 0 aliphatic carbocycles. The van der Waals surface area contributed by atoms with E-state index in [9.17, 15) is 38.4 Å². The number of rotatable bonds is 73. The second-order valence-electron chi connectivity index (χ2n) is 26.7. The van der Waals surface area contributed by atoms with Crippen LogP contribution in [0.2, 0.25) is 0 Å². The molecule has 0 aliphatic heterocycles. The molecule has 0 rings (SSSR count). The molecule has 0 amide bonds. The summed E-state index contributed by atoms with van der Waals surface area (Å²) in [7, 11) is 0. The summed E-state index contributed by atoms with van der Waals surface area (Å²) in [5.74, 6) is -3.62. The lowest BCUT2D eigenvalue weighted by atomic mass is 10.1. The Morgan fingerprint density at radius 3 is 0.479 bits per heavy atom. The molecule has 96 heavy (non-hydrogen) atoms. The van der Waals surface area contributed by atoms with Gasteiger partial charge in [-0.1, -0.05) is 273 Å². The first kappa shape index (κ1) is 91.7. The van der Waals surface area contributed by atoms with Crippen LogP contribution in [0, 0.1) is 0 Å². The smallest absolute Gasteiger partial charge is 0.306 e. The fraction of sp³-hybridized carbons (Fsp3) is 0.897. The summed E-state index contributed by atoms with van der Waals surface area (Å²) >= 11 is 0. The third kappa shape index (κ3) is 64.4. The molecule has 0 saturated heterocycles. The highest BCUT2D eigenvalue weighted by Crippen LogP contribution is 2.18. The third-order valence-corrected chi connectivity index (χ3v) is 17.0. The summed E-state index contributed by atoms with van der Waals surface area (Å²) in [5, 5.41) is 0. The van der Waals surface area contributed by atoms with Gasteiger partial charge in [0.25, 0.3) is 0 Å². The predicted octanol–water partition coefficient (Wildman–Crippen LogP) is 19.2.